The van der Waals surface area contributed by atoms with Gasteiger partial charge in [0, 0.05) is 0 Å². The van der Waals surface area contributed by atoms with Crippen LogP contribution >= 0.6 is 0 Å². The number of allylic oxidation sites excluding steroid dienone is 1. The molecule has 0 spiro atoms. The molecule has 94 valence electrons. The van der Waals surface area contributed by atoms with Crippen LogP contribution in [0.2, 0.25) is 0 Å². The van der Waals surface area contributed by atoms with Gasteiger partial charge in [-0.3, -0.25) is 0 Å². The molecule has 1 aromatic rings. The van der Waals surface area contributed by atoms with Gasteiger partial charge in [-0.1, -0.05) is 38.1 Å². The van der Waals surface area contributed by atoms with Crippen LogP contribution in [0.1, 0.15) is 25.8 Å². The molecule has 0 saturated carbocycles. The second-order valence-corrected chi connectivity index (χ2v) is 4.73. The van der Waals surface area contributed by atoms with Crippen molar-refractivity contribution in [3.8, 4) is 5.75 Å². The van der Waals surface area contributed by atoms with E-state index < -0.39 is 0 Å². The lowest BCUT2D eigenvalue weighted by Crippen LogP contribution is -2.20. The molecule has 0 bridgehead atoms. The standard InChI is InChI=1S/C15H23NO/c1-13(2)12-16-10-5-3-4-7-14-8-6-9-15(17)11-14/h3-4,6,8-9,11,13,16-17H,5,7,10,12H2,1-2H3. The zero-order valence-corrected chi connectivity index (χ0v) is 10.8. The average Bonchev–Trinajstić information content (AvgIpc) is 2.27. The molecule has 0 fully saturated rings. The lowest BCUT2D eigenvalue weighted by Gasteiger charge is -2.04. The van der Waals surface area contributed by atoms with Crippen molar-refractivity contribution in [2.45, 2.75) is 26.7 Å². The van der Waals surface area contributed by atoms with Crippen molar-refractivity contribution in [3.05, 3.63) is 42.0 Å². The van der Waals surface area contributed by atoms with Gasteiger partial charge in [-0.05, 0) is 49.5 Å². The van der Waals surface area contributed by atoms with Crippen LogP contribution in [0.5, 0.6) is 5.75 Å². The Bertz CT molecular complexity index is 345. The number of nitrogens with one attached hydrogen (secondary N) is 1. The van der Waals surface area contributed by atoms with E-state index in [1.807, 2.05) is 12.1 Å². The molecule has 1 rings (SSSR count). The number of benzene rings is 1. The summed E-state index contributed by atoms with van der Waals surface area (Å²) in [5, 5.41) is 12.7. The van der Waals surface area contributed by atoms with E-state index in [0.717, 1.165) is 31.5 Å². The van der Waals surface area contributed by atoms with Crippen molar-refractivity contribution in [1.29, 1.82) is 0 Å². The third-order valence-electron chi connectivity index (χ3n) is 2.47. The minimum atomic E-state index is 0.342. The molecule has 0 aliphatic heterocycles. The fraction of sp³-hybridized carbons (Fsp3) is 0.467. The smallest absolute Gasteiger partial charge is 0.115 e. The third-order valence-corrected chi connectivity index (χ3v) is 2.47. The number of hydrogen-bond donors (Lipinski definition) is 2. The van der Waals surface area contributed by atoms with E-state index in [2.05, 4.69) is 31.3 Å². The van der Waals surface area contributed by atoms with Gasteiger partial charge in [0.1, 0.15) is 5.75 Å². The highest BCUT2D eigenvalue weighted by molar-refractivity contribution is 5.28. The zero-order valence-electron chi connectivity index (χ0n) is 10.8. The Morgan fingerprint density at radius 1 is 1.29 bits per heavy atom. The molecule has 0 aliphatic rings. The second kappa shape index (κ2) is 7.91. The van der Waals surface area contributed by atoms with E-state index >= 15 is 0 Å². The van der Waals surface area contributed by atoms with E-state index in [1.165, 1.54) is 0 Å². The second-order valence-electron chi connectivity index (χ2n) is 4.73. The summed E-state index contributed by atoms with van der Waals surface area (Å²) in [7, 11) is 0. The maximum Gasteiger partial charge on any atom is 0.115 e. The van der Waals surface area contributed by atoms with Gasteiger partial charge in [-0.2, -0.15) is 0 Å². The van der Waals surface area contributed by atoms with Gasteiger partial charge < -0.3 is 10.4 Å². The number of rotatable bonds is 7. The molecule has 0 saturated heterocycles. The van der Waals surface area contributed by atoms with Crippen molar-refractivity contribution in [1.82, 2.24) is 5.32 Å². The van der Waals surface area contributed by atoms with Gasteiger partial charge in [0.05, 0.1) is 0 Å². The number of phenolic OH excluding ortho intramolecular Hbond substituents is 1. The number of phenols is 1. The van der Waals surface area contributed by atoms with Crippen LogP contribution < -0.4 is 5.32 Å². The van der Waals surface area contributed by atoms with Crippen molar-refractivity contribution < 1.29 is 5.11 Å². The van der Waals surface area contributed by atoms with Crippen molar-refractivity contribution in [3.63, 3.8) is 0 Å². The normalized spacial score (nSPS) is 11.5. The van der Waals surface area contributed by atoms with E-state index in [-0.39, 0.29) is 0 Å². The Kier molecular flexibility index (Phi) is 6.41. The molecule has 2 N–H and O–H groups in total. The molecule has 0 amide bonds. The fourth-order valence-electron chi connectivity index (χ4n) is 1.60. The molecular weight excluding hydrogens is 210 g/mol. The SMILES string of the molecule is CC(C)CNCCC=CCc1cccc(O)c1. The van der Waals surface area contributed by atoms with Crippen LogP contribution in [-0.4, -0.2) is 18.2 Å². The van der Waals surface area contributed by atoms with Gasteiger partial charge in [-0.25, -0.2) is 0 Å². The summed E-state index contributed by atoms with van der Waals surface area (Å²) < 4.78 is 0. The van der Waals surface area contributed by atoms with Gasteiger partial charge in [0.25, 0.3) is 0 Å². The molecule has 0 atom stereocenters. The Balaban J connectivity index is 2.14. The maximum absolute atomic E-state index is 9.30. The first-order valence-electron chi connectivity index (χ1n) is 6.32. The fourth-order valence-corrected chi connectivity index (χ4v) is 1.60. The van der Waals surface area contributed by atoms with E-state index in [9.17, 15) is 5.11 Å². The molecule has 0 aliphatic carbocycles. The topological polar surface area (TPSA) is 32.3 Å². The van der Waals surface area contributed by atoms with Gasteiger partial charge >= 0.3 is 0 Å². The summed E-state index contributed by atoms with van der Waals surface area (Å²) in [5.74, 6) is 1.06. The molecule has 0 unspecified atom stereocenters. The molecule has 0 radical (unpaired) electrons. The largest absolute Gasteiger partial charge is 0.508 e. The lowest BCUT2D eigenvalue weighted by molar-refractivity contribution is 0.474. The summed E-state index contributed by atoms with van der Waals surface area (Å²) in [6, 6.07) is 7.41. The monoisotopic (exact) mass is 233 g/mol. The minimum absolute atomic E-state index is 0.342. The maximum atomic E-state index is 9.30. The van der Waals surface area contributed by atoms with Crippen molar-refractivity contribution in [2.24, 2.45) is 5.92 Å². The molecule has 0 aromatic heterocycles. The van der Waals surface area contributed by atoms with Gasteiger partial charge in [0.15, 0.2) is 0 Å². The minimum Gasteiger partial charge on any atom is -0.508 e. The molecule has 1 aromatic carbocycles. The van der Waals surface area contributed by atoms with Crippen LogP contribution in [0.3, 0.4) is 0 Å². The van der Waals surface area contributed by atoms with Crippen LogP contribution in [0, 0.1) is 5.92 Å². The van der Waals surface area contributed by atoms with Crippen molar-refractivity contribution >= 4 is 0 Å². The van der Waals surface area contributed by atoms with Crippen LogP contribution in [0.25, 0.3) is 0 Å². The first kappa shape index (κ1) is 13.8. The summed E-state index contributed by atoms with van der Waals surface area (Å²) >= 11 is 0. The van der Waals surface area contributed by atoms with E-state index in [4.69, 9.17) is 0 Å². The summed E-state index contributed by atoms with van der Waals surface area (Å²) in [6.45, 7) is 6.55. The number of aromatic hydroxyl groups is 1. The Hall–Kier alpha value is -1.28. The van der Waals surface area contributed by atoms with Crippen LogP contribution in [0.15, 0.2) is 36.4 Å². The summed E-state index contributed by atoms with van der Waals surface area (Å²) in [4.78, 5) is 0. The first-order chi connectivity index (χ1) is 8.18. The Labute approximate surface area is 104 Å². The highest BCUT2D eigenvalue weighted by Crippen LogP contribution is 2.11. The van der Waals surface area contributed by atoms with E-state index in [0.29, 0.717) is 11.7 Å². The zero-order chi connectivity index (χ0) is 12.5. The molecule has 17 heavy (non-hydrogen) atoms. The van der Waals surface area contributed by atoms with Crippen LogP contribution in [-0.2, 0) is 6.42 Å². The predicted octanol–water partition coefficient (Wildman–Crippen LogP) is 3.13. The van der Waals surface area contributed by atoms with Gasteiger partial charge in [0.2, 0.25) is 0 Å². The Morgan fingerprint density at radius 3 is 2.82 bits per heavy atom. The van der Waals surface area contributed by atoms with Gasteiger partial charge in [-0.15, -0.1) is 0 Å². The lowest BCUT2D eigenvalue weighted by atomic mass is 10.1. The summed E-state index contributed by atoms with van der Waals surface area (Å²) in [5.41, 5.74) is 1.15. The summed E-state index contributed by atoms with van der Waals surface area (Å²) in [6.07, 6.45) is 6.30. The molecule has 0 heterocycles. The molecule has 2 heteroatoms. The quantitative estimate of drug-likeness (QED) is 0.560. The van der Waals surface area contributed by atoms with E-state index in [1.54, 1.807) is 12.1 Å². The van der Waals surface area contributed by atoms with Crippen LogP contribution in [0.4, 0.5) is 0 Å². The Morgan fingerprint density at radius 2 is 2.12 bits per heavy atom. The predicted molar refractivity (Wildman–Crippen MR) is 73.3 cm³/mol. The van der Waals surface area contributed by atoms with Crippen molar-refractivity contribution in [2.75, 3.05) is 13.1 Å². The molecular formula is C15H23NO. The first-order valence-corrected chi connectivity index (χ1v) is 6.32. The average molecular weight is 233 g/mol. The molecule has 2 nitrogen and oxygen atoms in total. The third kappa shape index (κ3) is 6.80. The highest BCUT2D eigenvalue weighted by atomic mass is 16.3. The number of hydrogen-bond acceptors (Lipinski definition) is 2. The highest BCUT2D eigenvalue weighted by Gasteiger charge is 1.92.